The van der Waals surface area contributed by atoms with Gasteiger partial charge in [0.2, 0.25) is 0 Å². The number of nitrogens with zero attached hydrogens (tertiary/aromatic N) is 1. The zero-order valence-corrected chi connectivity index (χ0v) is 8.80. The number of nitrogens with one attached hydrogen (secondary N) is 1. The summed E-state index contributed by atoms with van der Waals surface area (Å²) >= 11 is 5.99. The van der Waals surface area contributed by atoms with Crippen molar-refractivity contribution in [2.45, 2.75) is 13.8 Å². The number of halogens is 1. The van der Waals surface area contributed by atoms with E-state index in [9.17, 15) is 0 Å². The van der Waals surface area contributed by atoms with E-state index >= 15 is 0 Å². The lowest BCUT2D eigenvalue weighted by Gasteiger charge is -2.21. The van der Waals surface area contributed by atoms with Crippen molar-refractivity contribution in [1.29, 1.82) is 0 Å². The fourth-order valence-electron chi connectivity index (χ4n) is 1.10. The summed E-state index contributed by atoms with van der Waals surface area (Å²) in [4.78, 5) is 0. The van der Waals surface area contributed by atoms with Crippen LogP contribution in [0.15, 0.2) is 24.3 Å². The van der Waals surface area contributed by atoms with Crippen LogP contribution in [-0.4, -0.2) is 18.1 Å². The predicted molar refractivity (Wildman–Crippen MR) is 58.0 cm³/mol. The van der Waals surface area contributed by atoms with E-state index in [1.165, 1.54) is 0 Å². The SMILES string of the molecule is CCN(CC)Nc1ccccc1Cl. The van der Waals surface area contributed by atoms with Gasteiger partial charge in [0.15, 0.2) is 0 Å². The van der Waals surface area contributed by atoms with Crippen LogP contribution >= 0.6 is 11.6 Å². The number of hydrazine groups is 1. The second-order valence-corrected chi connectivity index (χ2v) is 3.17. The molecule has 0 bridgehead atoms. The van der Waals surface area contributed by atoms with Gasteiger partial charge in [-0.2, -0.15) is 0 Å². The van der Waals surface area contributed by atoms with Gasteiger partial charge < -0.3 is 5.43 Å². The molecular formula is C10H15ClN2. The number of hydrogen-bond donors (Lipinski definition) is 1. The second-order valence-electron chi connectivity index (χ2n) is 2.76. The Morgan fingerprint density at radius 2 is 1.85 bits per heavy atom. The summed E-state index contributed by atoms with van der Waals surface area (Å²) in [7, 11) is 0. The van der Waals surface area contributed by atoms with Crippen molar-refractivity contribution in [3.8, 4) is 0 Å². The summed E-state index contributed by atoms with van der Waals surface area (Å²) in [5.41, 5.74) is 4.21. The first kappa shape index (κ1) is 10.4. The molecule has 1 aromatic rings. The van der Waals surface area contributed by atoms with Gasteiger partial charge in [-0.3, -0.25) is 0 Å². The zero-order chi connectivity index (χ0) is 9.68. The Hall–Kier alpha value is -0.730. The fourth-order valence-corrected chi connectivity index (χ4v) is 1.28. The van der Waals surface area contributed by atoms with Crippen LogP contribution in [0.25, 0.3) is 0 Å². The van der Waals surface area contributed by atoms with Crippen LogP contribution in [0.1, 0.15) is 13.8 Å². The minimum atomic E-state index is 0.759. The molecule has 0 saturated carbocycles. The molecule has 72 valence electrons. The first-order valence-electron chi connectivity index (χ1n) is 4.54. The molecule has 0 aliphatic rings. The number of rotatable bonds is 4. The smallest absolute Gasteiger partial charge is 0.0676 e. The molecule has 13 heavy (non-hydrogen) atoms. The Morgan fingerprint density at radius 3 is 2.38 bits per heavy atom. The van der Waals surface area contributed by atoms with Crippen molar-refractivity contribution in [2.75, 3.05) is 18.5 Å². The molecule has 0 saturated heterocycles. The third-order valence-corrected chi connectivity index (χ3v) is 2.25. The first-order valence-corrected chi connectivity index (χ1v) is 4.91. The number of anilines is 1. The van der Waals surface area contributed by atoms with E-state index in [0.717, 1.165) is 23.8 Å². The molecule has 1 aromatic carbocycles. The normalized spacial score (nSPS) is 10.5. The molecule has 0 fully saturated rings. The first-order chi connectivity index (χ1) is 6.27. The number of hydrogen-bond acceptors (Lipinski definition) is 2. The van der Waals surface area contributed by atoms with Crippen LogP contribution in [0, 0.1) is 0 Å². The summed E-state index contributed by atoms with van der Waals surface area (Å²) < 4.78 is 0. The van der Waals surface area contributed by atoms with Gasteiger partial charge in [0.05, 0.1) is 10.7 Å². The van der Waals surface area contributed by atoms with Gasteiger partial charge in [0.1, 0.15) is 0 Å². The molecule has 3 heteroatoms. The summed E-state index contributed by atoms with van der Waals surface area (Å²) in [6, 6.07) is 7.75. The Morgan fingerprint density at radius 1 is 1.23 bits per heavy atom. The zero-order valence-electron chi connectivity index (χ0n) is 8.05. The maximum absolute atomic E-state index is 5.99. The molecule has 0 unspecified atom stereocenters. The highest BCUT2D eigenvalue weighted by Gasteiger charge is 2.01. The van der Waals surface area contributed by atoms with E-state index in [1.54, 1.807) is 0 Å². The van der Waals surface area contributed by atoms with Gasteiger partial charge in [0.25, 0.3) is 0 Å². The van der Waals surface area contributed by atoms with Crippen LogP contribution in [-0.2, 0) is 0 Å². The summed E-state index contributed by atoms with van der Waals surface area (Å²) in [6.45, 7) is 6.13. The minimum absolute atomic E-state index is 0.759. The van der Waals surface area contributed by atoms with Crippen LogP contribution in [0.5, 0.6) is 0 Å². The van der Waals surface area contributed by atoms with Crippen LogP contribution in [0.2, 0.25) is 5.02 Å². The van der Waals surface area contributed by atoms with E-state index in [4.69, 9.17) is 11.6 Å². The van der Waals surface area contributed by atoms with Crippen molar-refractivity contribution in [2.24, 2.45) is 0 Å². The van der Waals surface area contributed by atoms with Gasteiger partial charge in [-0.1, -0.05) is 37.6 Å². The summed E-state index contributed by atoms with van der Waals surface area (Å²) in [5.74, 6) is 0. The molecule has 1 N–H and O–H groups in total. The van der Waals surface area contributed by atoms with Gasteiger partial charge in [0, 0.05) is 13.1 Å². The fraction of sp³-hybridized carbons (Fsp3) is 0.400. The maximum Gasteiger partial charge on any atom is 0.0676 e. The molecular weight excluding hydrogens is 184 g/mol. The van der Waals surface area contributed by atoms with Crippen molar-refractivity contribution in [3.63, 3.8) is 0 Å². The highest BCUT2D eigenvalue weighted by atomic mass is 35.5. The molecule has 0 aromatic heterocycles. The summed E-state index contributed by atoms with van der Waals surface area (Å²) in [5, 5.41) is 2.86. The predicted octanol–water partition coefficient (Wildman–Crippen LogP) is 3.01. The average Bonchev–Trinajstić information content (AvgIpc) is 2.17. The quantitative estimate of drug-likeness (QED) is 0.749. The molecule has 0 heterocycles. The molecule has 0 amide bonds. The van der Waals surface area contributed by atoms with Gasteiger partial charge in [-0.15, -0.1) is 0 Å². The van der Waals surface area contributed by atoms with E-state index in [2.05, 4.69) is 24.3 Å². The van der Waals surface area contributed by atoms with E-state index in [-0.39, 0.29) is 0 Å². The van der Waals surface area contributed by atoms with Gasteiger partial charge in [-0.05, 0) is 12.1 Å². The molecule has 0 radical (unpaired) electrons. The minimum Gasteiger partial charge on any atom is -0.317 e. The monoisotopic (exact) mass is 198 g/mol. The lowest BCUT2D eigenvalue weighted by molar-refractivity contribution is 0.367. The molecule has 0 aliphatic heterocycles. The number of benzene rings is 1. The largest absolute Gasteiger partial charge is 0.317 e. The third-order valence-electron chi connectivity index (χ3n) is 1.92. The lowest BCUT2D eigenvalue weighted by atomic mass is 10.3. The van der Waals surface area contributed by atoms with Gasteiger partial charge in [-0.25, -0.2) is 5.01 Å². The van der Waals surface area contributed by atoms with Crippen molar-refractivity contribution in [1.82, 2.24) is 5.01 Å². The van der Waals surface area contributed by atoms with Crippen LogP contribution in [0.3, 0.4) is 0 Å². The van der Waals surface area contributed by atoms with Crippen molar-refractivity contribution < 1.29 is 0 Å². The summed E-state index contributed by atoms with van der Waals surface area (Å²) in [6.07, 6.45) is 0. The molecule has 0 aliphatic carbocycles. The highest BCUT2D eigenvalue weighted by Crippen LogP contribution is 2.20. The molecule has 1 rings (SSSR count). The van der Waals surface area contributed by atoms with Crippen molar-refractivity contribution in [3.05, 3.63) is 29.3 Å². The highest BCUT2D eigenvalue weighted by molar-refractivity contribution is 6.33. The Kier molecular flexibility index (Phi) is 4.06. The van der Waals surface area contributed by atoms with Crippen LogP contribution in [0.4, 0.5) is 5.69 Å². The van der Waals surface area contributed by atoms with E-state index in [0.29, 0.717) is 0 Å². The topological polar surface area (TPSA) is 15.3 Å². The Labute approximate surface area is 84.5 Å². The Balaban J connectivity index is 2.67. The standard InChI is InChI=1S/C10H15ClN2/c1-3-13(4-2)12-10-8-6-5-7-9(10)11/h5-8,12H,3-4H2,1-2H3. The third kappa shape index (κ3) is 2.90. The molecule has 0 spiro atoms. The maximum atomic E-state index is 5.99. The lowest BCUT2D eigenvalue weighted by Crippen LogP contribution is -2.29. The van der Waals surface area contributed by atoms with E-state index in [1.807, 2.05) is 24.3 Å². The van der Waals surface area contributed by atoms with Gasteiger partial charge >= 0.3 is 0 Å². The Bertz CT molecular complexity index is 259. The number of para-hydroxylation sites is 1. The van der Waals surface area contributed by atoms with Crippen LogP contribution < -0.4 is 5.43 Å². The second kappa shape index (κ2) is 5.10. The molecule has 0 atom stereocenters. The van der Waals surface area contributed by atoms with E-state index < -0.39 is 0 Å². The molecule has 2 nitrogen and oxygen atoms in total. The average molecular weight is 199 g/mol. The van der Waals surface area contributed by atoms with Crippen molar-refractivity contribution >= 4 is 17.3 Å².